The van der Waals surface area contributed by atoms with E-state index in [1.807, 2.05) is 6.07 Å². The second-order valence-electron chi connectivity index (χ2n) is 17.9. The van der Waals surface area contributed by atoms with Gasteiger partial charge in [-0.15, -0.1) is 0 Å². The number of fused-ring (bicyclic) bond motifs is 10. The van der Waals surface area contributed by atoms with Gasteiger partial charge in [-0.1, -0.05) is 129 Å². The second kappa shape index (κ2) is 14.1. The smallest absolute Gasteiger partial charge is 0.160 e. The third-order valence-corrected chi connectivity index (χ3v) is 14.1. The number of allylic oxidation sites excluding steroid dienone is 2. The Morgan fingerprint density at radius 2 is 1.33 bits per heavy atom. The van der Waals surface area contributed by atoms with Crippen LogP contribution in [0.1, 0.15) is 90.1 Å². The molecule has 0 fully saturated rings. The lowest BCUT2D eigenvalue weighted by atomic mass is 9.84. The molecular formula is C58H46N4O. The maximum absolute atomic E-state index is 6.20. The number of aromatic nitrogens is 2. The Kier molecular flexibility index (Phi) is 8.13. The summed E-state index contributed by atoms with van der Waals surface area (Å²) in [6.45, 7) is 4.75. The van der Waals surface area contributed by atoms with E-state index in [0.717, 1.165) is 35.1 Å². The number of nitrogens with one attached hydrogen (secondary N) is 2. The number of furan rings is 1. The first-order chi connectivity index (χ1) is 31.1. The minimum atomic E-state index is -0.164. The third-order valence-electron chi connectivity index (χ3n) is 14.1. The summed E-state index contributed by atoms with van der Waals surface area (Å²) in [6.07, 6.45) is 8.94. The van der Waals surface area contributed by atoms with Crippen LogP contribution in [0.5, 0.6) is 0 Å². The summed E-state index contributed by atoms with van der Waals surface area (Å²) < 4.78 is 11.2. The van der Waals surface area contributed by atoms with Crippen molar-refractivity contribution in [3.05, 3.63) is 209 Å². The monoisotopic (exact) mass is 814 g/mol. The van der Waals surface area contributed by atoms with Crippen molar-refractivity contribution < 1.29 is 4.42 Å². The van der Waals surface area contributed by atoms with E-state index < -0.39 is 0 Å². The second-order valence-corrected chi connectivity index (χ2v) is 17.9. The molecule has 2 N–H and O–H groups in total. The zero-order chi connectivity index (χ0) is 41.8. The van der Waals surface area contributed by atoms with E-state index in [9.17, 15) is 0 Å². The Balaban J connectivity index is 0.871. The van der Waals surface area contributed by atoms with Gasteiger partial charge < -0.3 is 18.9 Å². The van der Waals surface area contributed by atoms with Crippen molar-refractivity contribution >= 4 is 67.2 Å². The zero-order valence-electron chi connectivity index (χ0n) is 35.3. The lowest BCUT2D eigenvalue weighted by Crippen LogP contribution is -2.41. The van der Waals surface area contributed by atoms with E-state index in [1.54, 1.807) is 0 Å². The summed E-state index contributed by atoms with van der Waals surface area (Å²) in [6, 6.07) is 59.8. The standard InChI is InChI=1S/C58H46N4O/c1-35-13-12-21-52-55(35)48-33-39(27-29-51(48)61(52)42-14-4-3-5-15-42)37-23-25-38(26-24-37)56-45-18-6-9-19-49(45)59-58(60-56)62-50-20-10-7-16-43(50)47-34-41(31-36(2)57(47)62)40-28-30-54-46(32-40)44-17-8-11-22-53(44)63-54/h3-12,14-30,32-36,56,58-60H,13,31H2,1-2H3. The molecule has 0 amide bonds. The molecular weight excluding hydrogens is 769 g/mol. The van der Waals surface area contributed by atoms with E-state index >= 15 is 0 Å². The van der Waals surface area contributed by atoms with Gasteiger partial charge in [0, 0.05) is 55.8 Å². The quantitative estimate of drug-likeness (QED) is 0.182. The third kappa shape index (κ3) is 5.66. The summed E-state index contributed by atoms with van der Waals surface area (Å²) in [7, 11) is 0. The molecule has 0 spiro atoms. The van der Waals surface area contributed by atoms with Crippen molar-refractivity contribution in [3.8, 4) is 16.8 Å². The fraction of sp³-hybridized carbons (Fsp3) is 0.138. The molecule has 5 nitrogen and oxygen atoms in total. The fourth-order valence-electron chi connectivity index (χ4n) is 11.2. The summed E-state index contributed by atoms with van der Waals surface area (Å²) in [5.74, 6) is 0.742. The predicted molar refractivity (Wildman–Crippen MR) is 261 cm³/mol. The molecule has 7 aromatic carbocycles. The summed E-state index contributed by atoms with van der Waals surface area (Å²) in [5.41, 5.74) is 19.7. The van der Waals surface area contributed by atoms with Crippen LogP contribution in [0.4, 0.5) is 5.69 Å². The maximum atomic E-state index is 6.20. The molecule has 0 saturated carbocycles. The van der Waals surface area contributed by atoms with Crippen LogP contribution in [0.25, 0.3) is 78.3 Å². The molecule has 1 aliphatic heterocycles. The number of hydrogen-bond donors (Lipinski definition) is 2. The Morgan fingerprint density at radius 3 is 2.22 bits per heavy atom. The minimum absolute atomic E-state index is 0.0122. The maximum Gasteiger partial charge on any atom is 0.160 e. The molecule has 4 unspecified atom stereocenters. The molecule has 3 aromatic heterocycles. The van der Waals surface area contributed by atoms with Gasteiger partial charge in [0.15, 0.2) is 6.29 Å². The Labute approximate surface area is 366 Å². The normalized spacial score (nSPS) is 19.2. The average Bonchev–Trinajstić information content (AvgIpc) is 3.99. The largest absolute Gasteiger partial charge is 0.456 e. The van der Waals surface area contributed by atoms with Crippen molar-refractivity contribution in [2.75, 3.05) is 5.32 Å². The summed E-state index contributed by atoms with van der Waals surface area (Å²) in [4.78, 5) is 0. The number of para-hydroxylation sites is 4. The van der Waals surface area contributed by atoms with Crippen molar-refractivity contribution in [1.29, 1.82) is 0 Å². The molecule has 0 radical (unpaired) electrons. The number of nitrogens with zero attached hydrogens (tertiary/aromatic N) is 2. The first-order valence-electron chi connectivity index (χ1n) is 22.4. The lowest BCUT2D eigenvalue weighted by Gasteiger charge is -2.38. The molecule has 5 heteroatoms. The van der Waals surface area contributed by atoms with Crippen LogP contribution < -0.4 is 10.6 Å². The first kappa shape index (κ1) is 36.3. The van der Waals surface area contributed by atoms with E-state index in [2.05, 4.69) is 210 Å². The van der Waals surface area contributed by atoms with Crippen molar-refractivity contribution in [2.24, 2.45) is 0 Å². The predicted octanol–water partition coefficient (Wildman–Crippen LogP) is 15.0. The molecule has 3 aliphatic rings. The van der Waals surface area contributed by atoms with Gasteiger partial charge in [-0.25, -0.2) is 0 Å². The minimum Gasteiger partial charge on any atom is -0.456 e. The molecule has 13 rings (SSSR count). The van der Waals surface area contributed by atoms with Crippen LogP contribution in [-0.4, -0.2) is 9.13 Å². The van der Waals surface area contributed by atoms with Gasteiger partial charge in [-0.2, -0.15) is 0 Å². The van der Waals surface area contributed by atoms with Crippen molar-refractivity contribution in [1.82, 2.24) is 14.5 Å². The first-order valence-corrected chi connectivity index (χ1v) is 22.4. The molecule has 0 bridgehead atoms. The van der Waals surface area contributed by atoms with Crippen LogP contribution in [0.2, 0.25) is 0 Å². The van der Waals surface area contributed by atoms with Gasteiger partial charge >= 0.3 is 0 Å². The number of hydrogen-bond acceptors (Lipinski definition) is 3. The molecule has 0 saturated heterocycles. The summed E-state index contributed by atoms with van der Waals surface area (Å²) in [5, 5.41) is 13.0. The van der Waals surface area contributed by atoms with E-state index in [0.29, 0.717) is 5.92 Å². The highest BCUT2D eigenvalue weighted by molar-refractivity contribution is 6.07. The number of anilines is 1. The van der Waals surface area contributed by atoms with Crippen LogP contribution in [0.15, 0.2) is 174 Å². The van der Waals surface area contributed by atoms with Gasteiger partial charge in [-0.05, 0) is 124 Å². The highest BCUT2D eigenvalue weighted by Crippen LogP contribution is 2.47. The SMILES string of the molecule is CC1CC=Cc2c1c1cc(-c3ccc(C4NC(n5c6c(c7ccccc75)C=C(c5ccc7oc8ccccc8c7c5)CC6C)Nc5ccccc54)cc3)ccc1n2-c1ccccc1. The van der Waals surface area contributed by atoms with E-state index in [4.69, 9.17) is 4.42 Å². The highest BCUT2D eigenvalue weighted by Gasteiger charge is 2.34. The lowest BCUT2D eigenvalue weighted by molar-refractivity contribution is 0.395. The highest BCUT2D eigenvalue weighted by atomic mass is 16.3. The molecule has 4 atom stereocenters. The van der Waals surface area contributed by atoms with Crippen LogP contribution in [0, 0.1) is 0 Å². The van der Waals surface area contributed by atoms with Crippen molar-refractivity contribution in [2.45, 2.75) is 50.9 Å². The van der Waals surface area contributed by atoms with Gasteiger partial charge in [0.1, 0.15) is 11.2 Å². The van der Waals surface area contributed by atoms with Gasteiger partial charge in [0.2, 0.25) is 0 Å². The fourth-order valence-corrected chi connectivity index (χ4v) is 11.2. The molecule has 63 heavy (non-hydrogen) atoms. The van der Waals surface area contributed by atoms with Crippen LogP contribution >= 0.6 is 0 Å². The Hall–Kier alpha value is -7.34. The molecule has 304 valence electrons. The molecule has 2 aliphatic carbocycles. The Morgan fingerprint density at radius 1 is 0.603 bits per heavy atom. The number of rotatable bonds is 5. The summed E-state index contributed by atoms with van der Waals surface area (Å²) >= 11 is 0. The topological polar surface area (TPSA) is 47.1 Å². The van der Waals surface area contributed by atoms with Crippen LogP contribution in [-0.2, 0) is 0 Å². The molecule has 4 heterocycles. The van der Waals surface area contributed by atoms with Crippen LogP contribution in [0.3, 0.4) is 0 Å². The number of benzene rings is 7. The molecule has 10 aromatic rings. The van der Waals surface area contributed by atoms with Gasteiger partial charge in [0.25, 0.3) is 0 Å². The van der Waals surface area contributed by atoms with Gasteiger partial charge in [0.05, 0.1) is 17.1 Å². The zero-order valence-corrected chi connectivity index (χ0v) is 35.3. The van der Waals surface area contributed by atoms with E-state index in [-0.39, 0.29) is 18.2 Å². The average molecular weight is 815 g/mol. The Bertz CT molecular complexity index is 3510. The van der Waals surface area contributed by atoms with E-state index in [1.165, 1.54) is 88.8 Å². The van der Waals surface area contributed by atoms with Gasteiger partial charge in [-0.3, -0.25) is 5.32 Å². The van der Waals surface area contributed by atoms with Crippen molar-refractivity contribution in [3.63, 3.8) is 0 Å².